The van der Waals surface area contributed by atoms with Crippen LogP contribution in [-0.2, 0) is 11.2 Å². The molecule has 1 aromatic rings. The summed E-state index contributed by atoms with van der Waals surface area (Å²) in [7, 11) is 0. The fourth-order valence-corrected chi connectivity index (χ4v) is 3.25. The molecule has 1 aromatic carbocycles. The van der Waals surface area contributed by atoms with Crippen LogP contribution >= 0.6 is 0 Å². The quantitative estimate of drug-likeness (QED) is 0.895. The molecule has 3 unspecified atom stereocenters. The SMILES string of the molecule is CCC(C(C)C)N1C(=O)C(Cc2ccccc2)NC1C. The molecule has 1 amide bonds. The van der Waals surface area contributed by atoms with Crippen LogP contribution in [0.1, 0.15) is 39.7 Å². The average Bonchev–Trinajstić information content (AvgIpc) is 2.68. The van der Waals surface area contributed by atoms with Crippen molar-refractivity contribution in [3.8, 4) is 0 Å². The number of carbonyl (C=O) groups excluding carboxylic acids is 1. The molecule has 1 heterocycles. The Balaban J connectivity index is 2.10. The lowest BCUT2D eigenvalue weighted by Gasteiger charge is -2.33. The van der Waals surface area contributed by atoms with Gasteiger partial charge < -0.3 is 4.90 Å². The van der Waals surface area contributed by atoms with Crippen molar-refractivity contribution in [3.05, 3.63) is 35.9 Å². The minimum absolute atomic E-state index is 0.0831. The summed E-state index contributed by atoms with van der Waals surface area (Å²) in [4.78, 5) is 14.7. The molecule has 0 aromatic heterocycles. The van der Waals surface area contributed by atoms with Crippen molar-refractivity contribution in [2.75, 3.05) is 0 Å². The van der Waals surface area contributed by atoms with E-state index in [9.17, 15) is 4.79 Å². The molecule has 0 bridgehead atoms. The summed E-state index contributed by atoms with van der Waals surface area (Å²) < 4.78 is 0. The van der Waals surface area contributed by atoms with Gasteiger partial charge in [-0.3, -0.25) is 10.1 Å². The van der Waals surface area contributed by atoms with E-state index >= 15 is 0 Å². The largest absolute Gasteiger partial charge is 0.323 e. The molecule has 3 heteroatoms. The Kier molecular flexibility index (Phi) is 4.81. The van der Waals surface area contributed by atoms with E-state index in [4.69, 9.17) is 0 Å². The van der Waals surface area contributed by atoms with E-state index in [2.05, 4.69) is 50.0 Å². The predicted octanol–water partition coefficient (Wildman–Crippen LogP) is 2.81. The summed E-state index contributed by atoms with van der Waals surface area (Å²) in [6, 6.07) is 10.5. The van der Waals surface area contributed by atoms with Crippen LogP contribution in [0.4, 0.5) is 0 Å². The highest BCUT2D eigenvalue weighted by Gasteiger charge is 2.40. The second-order valence-electron chi connectivity index (χ2n) is 6.05. The summed E-state index contributed by atoms with van der Waals surface area (Å²) in [5.74, 6) is 0.741. The minimum atomic E-state index is -0.0831. The van der Waals surface area contributed by atoms with Crippen LogP contribution in [0.25, 0.3) is 0 Å². The van der Waals surface area contributed by atoms with E-state index < -0.39 is 0 Å². The first kappa shape index (κ1) is 15.0. The highest BCUT2D eigenvalue weighted by atomic mass is 16.2. The van der Waals surface area contributed by atoms with E-state index in [1.165, 1.54) is 5.56 Å². The highest BCUT2D eigenvalue weighted by molar-refractivity contribution is 5.85. The number of nitrogens with one attached hydrogen (secondary N) is 1. The molecule has 3 atom stereocenters. The summed E-state index contributed by atoms with van der Waals surface area (Å²) in [6.07, 6.45) is 1.91. The highest BCUT2D eigenvalue weighted by Crippen LogP contribution is 2.23. The van der Waals surface area contributed by atoms with Gasteiger partial charge in [-0.1, -0.05) is 51.1 Å². The van der Waals surface area contributed by atoms with Gasteiger partial charge in [0, 0.05) is 6.04 Å². The van der Waals surface area contributed by atoms with Gasteiger partial charge in [-0.25, -0.2) is 0 Å². The van der Waals surface area contributed by atoms with Gasteiger partial charge in [-0.05, 0) is 31.2 Å². The normalized spacial score (nSPS) is 24.4. The summed E-state index contributed by atoms with van der Waals surface area (Å²) >= 11 is 0. The van der Waals surface area contributed by atoms with Gasteiger partial charge in [-0.2, -0.15) is 0 Å². The number of amides is 1. The molecule has 0 spiro atoms. The smallest absolute Gasteiger partial charge is 0.241 e. The van der Waals surface area contributed by atoms with Crippen LogP contribution in [0, 0.1) is 5.92 Å². The van der Waals surface area contributed by atoms with Crippen molar-refractivity contribution in [3.63, 3.8) is 0 Å². The van der Waals surface area contributed by atoms with Crippen LogP contribution in [0.3, 0.4) is 0 Å². The van der Waals surface area contributed by atoms with Crippen LogP contribution < -0.4 is 5.32 Å². The van der Waals surface area contributed by atoms with Crippen LogP contribution in [-0.4, -0.2) is 29.1 Å². The zero-order valence-electron chi connectivity index (χ0n) is 13.0. The molecular formula is C17H26N2O. The maximum atomic E-state index is 12.7. The maximum absolute atomic E-state index is 12.7. The van der Waals surface area contributed by atoms with Crippen LogP contribution in [0.2, 0.25) is 0 Å². The first-order valence-electron chi connectivity index (χ1n) is 7.66. The van der Waals surface area contributed by atoms with Crippen molar-refractivity contribution in [2.45, 2.75) is 58.8 Å². The second-order valence-corrected chi connectivity index (χ2v) is 6.05. The Morgan fingerprint density at radius 3 is 2.45 bits per heavy atom. The van der Waals surface area contributed by atoms with E-state index in [-0.39, 0.29) is 18.1 Å². The molecule has 0 radical (unpaired) electrons. The molecule has 1 saturated heterocycles. The third-order valence-electron chi connectivity index (χ3n) is 4.24. The van der Waals surface area contributed by atoms with Crippen LogP contribution in [0.5, 0.6) is 0 Å². The lowest BCUT2D eigenvalue weighted by molar-refractivity contribution is -0.133. The standard InChI is InChI=1S/C17H26N2O/c1-5-16(12(2)3)19-13(4)18-15(17(19)20)11-14-9-7-6-8-10-14/h6-10,12-13,15-16,18H,5,11H2,1-4H3. The second kappa shape index (κ2) is 6.40. The van der Waals surface area contributed by atoms with Crippen molar-refractivity contribution >= 4 is 5.91 Å². The maximum Gasteiger partial charge on any atom is 0.241 e. The van der Waals surface area contributed by atoms with E-state index in [1.54, 1.807) is 0 Å². The molecule has 1 N–H and O–H groups in total. The van der Waals surface area contributed by atoms with E-state index in [0.717, 1.165) is 12.8 Å². The number of hydrogen-bond donors (Lipinski definition) is 1. The lowest BCUT2D eigenvalue weighted by atomic mass is 9.99. The van der Waals surface area contributed by atoms with E-state index in [0.29, 0.717) is 12.0 Å². The Morgan fingerprint density at radius 1 is 1.25 bits per heavy atom. The zero-order chi connectivity index (χ0) is 14.7. The lowest BCUT2D eigenvalue weighted by Crippen LogP contribution is -2.45. The molecule has 0 aliphatic carbocycles. The van der Waals surface area contributed by atoms with Gasteiger partial charge in [-0.15, -0.1) is 0 Å². The molecule has 1 aliphatic rings. The third kappa shape index (κ3) is 3.04. The van der Waals surface area contributed by atoms with Gasteiger partial charge in [0.25, 0.3) is 0 Å². The average molecular weight is 274 g/mol. The number of rotatable bonds is 5. The molecule has 3 nitrogen and oxygen atoms in total. The number of hydrogen-bond acceptors (Lipinski definition) is 2. The van der Waals surface area contributed by atoms with Crippen molar-refractivity contribution in [1.82, 2.24) is 10.2 Å². The summed E-state index contributed by atoms with van der Waals surface area (Å²) in [5, 5.41) is 3.45. The van der Waals surface area contributed by atoms with Crippen molar-refractivity contribution in [2.24, 2.45) is 5.92 Å². The Hall–Kier alpha value is -1.35. The predicted molar refractivity (Wildman–Crippen MR) is 82.3 cm³/mol. The minimum Gasteiger partial charge on any atom is -0.323 e. The molecule has 110 valence electrons. The summed E-state index contributed by atoms with van der Waals surface area (Å²) in [5.41, 5.74) is 1.21. The van der Waals surface area contributed by atoms with Crippen molar-refractivity contribution < 1.29 is 4.79 Å². The third-order valence-corrected chi connectivity index (χ3v) is 4.24. The zero-order valence-corrected chi connectivity index (χ0v) is 13.0. The van der Waals surface area contributed by atoms with Gasteiger partial charge in [0.2, 0.25) is 5.91 Å². The van der Waals surface area contributed by atoms with Crippen molar-refractivity contribution in [1.29, 1.82) is 0 Å². The topological polar surface area (TPSA) is 32.3 Å². The molecule has 1 aliphatic heterocycles. The van der Waals surface area contributed by atoms with Gasteiger partial charge >= 0.3 is 0 Å². The van der Waals surface area contributed by atoms with Gasteiger partial charge in [0.05, 0.1) is 12.2 Å². The monoisotopic (exact) mass is 274 g/mol. The Labute approximate surface area is 122 Å². The molecule has 0 saturated carbocycles. The molecule has 20 heavy (non-hydrogen) atoms. The summed E-state index contributed by atoms with van der Waals surface area (Å²) in [6.45, 7) is 8.64. The number of benzene rings is 1. The first-order valence-corrected chi connectivity index (χ1v) is 7.66. The number of carbonyl (C=O) groups is 1. The van der Waals surface area contributed by atoms with Gasteiger partial charge in [0.15, 0.2) is 0 Å². The Bertz CT molecular complexity index is 444. The van der Waals surface area contributed by atoms with E-state index in [1.807, 2.05) is 18.2 Å². The first-order chi connectivity index (χ1) is 9.54. The molecule has 2 rings (SSSR count). The van der Waals surface area contributed by atoms with Gasteiger partial charge in [0.1, 0.15) is 0 Å². The molecular weight excluding hydrogens is 248 g/mol. The fourth-order valence-electron chi connectivity index (χ4n) is 3.25. The van der Waals surface area contributed by atoms with Crippen LogP contribution in [0.15, 0.2) is 30.3 Å². The Morgan fingerprint density at radius 2 is 1.90 bits per heavy atom. The number of nitrogens with zero attached hydrogens (tertiary/aromatic N) is 1. The fraction of sp³-hybridized carbons (Fsp3) is 0.588. The molecule has 1 fully saturated rings.